The average molecular weight is 459 g/mol. The standard InChI is InChI=1S/C25H34N2O4S/c1-17(2)22-12-8-9-18(3)25(22)26-24(28)16-31-23-14-13-21(15-19(23)4)32(29,30)27-20-10-6-5-7-11-20/h8-9,12-15,17,20,27H,5-7,10-11,16H2,1-4H3,(H,26,28). The van der Waals surface area contributed by atoms with Gasteiger partial charge in [-0.15, -0.1) is 0 Å². The van der Waals surface area contributed by atoms with Crippen molar-refractivity contribution in [2.75, 3.05) is 11.9 Å². The van der Waals surface area contributed by atoms with Gasteiger partial charge in [-0.05, 0) is 67.5 Å². The number of rotatable bonds is 8. The molecule has 0 saturated heterocycles. The molecule has 32 heavy (non-hydrogen) atoms. The fourth-order valence-electron chi connectivity index (χ4n) is 4.12. The Kier molecular flexibility index (Phi) is 7.96. The van der Waals surface area contributed by atoms with Gasteiger partial charge in [0.1, 0.15) is 5.75 Å². The molecule has 0 atom stereocenters. The van der Waals surface area contributed by atoms with Crippen LogP contribution in [0.3, 0.4) is 0 Å². The summed E-state index contributed by atoms with van der Waals surface area (Å²) in [5.74, 6) is 0.520. The number of amides is 1. The van der Waals surface area contributed by atoms with Gasteiger partial charge in [0.2, 0.25) is 10.0 Å². The van der Waals surface area contributed by atoms with E-state index in [4.69, 9.17) is 4.74 Å². The average Bonchev–Trinajstić information content (AvgIpc) is 2.74. The number of carbonyl (C=O) groups excluding carboxylic acids is 1. The van der Waals surface area contributed by atoms with Crippen molar-refractivity contribution in [3.8, 4) is 5.75 Å². The van der Waals surface area contributed by atoms with E-state index >= 15 is 0 Å². The quantitative estimate of drug-likeness (QED) is 0.579. The highest BCUT2D eigenvalue weighted by Crippen LogP contribution is 2.28. The number of sulfonamides is 1. The van der Waals surface area contributed by atoms with Crippen LogP contribution in [0.25, 0.3) is 0 Å². The highest BCUT2D eigenvalue weighted by Gasteiger charge is 2.22. The highest BCUT2D eigenvalue weighted by molar-refractivity contribution is 7.89. The van der Waals surface area contributed by atoms with Gasteiger partial charge in [-0.1, -0.05) is 51.3 Å². The molecule has 1 amide bonds. The molecule has 0 radical (unpaired) electrons. The topological polar surface area (TPSA) is 84.5 Å². The minimum atomic E-state index is -3.57. The molecule has 0 spiro atoms. The molecule has 6 nitrogen and oxygen atoms in total. The fourth-order valence-corrected chi connectivity index (χ4v) is 5.51. The maximum Gasteiger partial charge on any atom is 0.262 e. The number of ether oxygens (including phenoxy) is 1. The second-order valence-electron chi connectivity index (χ2n) is 8.91. The Labute approximate surface area is 191 Å². The van der Waals surface area contributed by atoms with E-state index in [2.05, 4.69) is 23.9 Å². The Bertz CT molecular complexity index is 1060. The van der Waals surface area contributed by atoms with Gasteiger partial charge in [0.15, 0.2) is 6.61 Å². The van der Waals surface area contributed by atoms with Gasteiger partial charge in [0.25, 0.3) is 5.91 Å². The summed E-state index contributed by atoms with van der Waals surface area (Å²) < 4.78 is 34.0. The van der Waals surface area contributed by atoms with Crippen LogP contribution in [0.15, 0.2) is 41.3 Å². The smallest absolute Gasteiger partial charge is 0.262 e. The first-order valence-electron chi connectivity index (χ1n) is 11.3. The summed E-state index contributed by atoms with van der Waals surface area (Å²) in [7, 11) is -3.57. The molecule has 0 aromatic heterocycles. The number of hydrogen-bond acceptors (Lipinski definition) is 4. The van der Waals surface area contributed by atoms with Crippen LogP contribution in [0.4, 0.5) is 5.69 Å². The van der Waals surface area contributed by atoms with E-state index < -0.39 is 10.0 Å². The molecule has 3 rings (SSSR count). The van der Waals surface area contributed by atoms with Crippen LogP contribution < -0.4 is 14.8 Å². The fraction of sp³-hybridized carbons (Fsp3) is 0.480. The summed E-state index contributed by atoms with van der Waals surface area (Å²) in [5, 5.41) is 2.96. The van der Waals surface area contributed by atoms with Crippen LogP contribution in [-0.4, -0.2) is 27.0 Å². The van der Waals surface area contributed by atoms with Crippen LogP contribution in [0, 0.1) is 13.8 Å². The van der Waals surface area contributed by atoms with Crippen molar-refractivity contribution in [2.45, 2.75) is 76.7 Å². The van der Waals surface area contributed by atoms with Gasteiger partial charge >= 0.3 is 0 Å². The lowest BCUT2D eigenvalue weighted by molar-refractivity contribution is -0.118. The van der Waals surface area contributed by atoms with Crippen molar-refractivity contribution in [3.05, 3.63) is 53.1 Å². The second kappa shape index (κ2) is 10.5. The lowest BCUT2D eigenvalue weighted by Crippen LogP contribution is -2.36. The van der Waals surface area contributed by atoms with E-state index in [0.717, 1.165) is 42.5 Å². The Balaban J connectivity index is 1.63. The zero-order valence-corrected chi connectivity index (χ0v) is 20.2. The SMILES string of the molecule is Cc1cc(S(=O)(=O)NC2CCCCC2)ccc1OCC(=O)Nc1c(C)cccc1C(C)C. The Morgan fingerprint density at radius 2 is 1.78 bits per heavy atom. The summed E-state index contributed by atoms with van der Waals surface area (Å²) in [4.78, 5) is 12.8. The molecular weight excluding hydrogens is 424 g/mol. The molecule has 2 aromatic rings. The zero-order chi connectivity index (χ0) is 23.3. The molecule has 0 unspecified atom stereocenters. The molecule has 2 N–H and O–H groups in total. The molecule has 7 heteroatoms. The minimum absolute atomic E-state index is 0.00542. The monoisotopic (exact) mass is 458 g/mol. The van der Waals surface area contributed by atoms with Gasteiger partial charge in [0.05, 0.1) is 4.90 Å². The molecular formula is C25H34N2O4S. The van der Waals surface area contributed by atoms with Crippen LogP contribution in [0.5, 0.6) is 5.75 Å². The van der Waals surface area contributed by atoms with Gasteiger partial charge in [-0.3, -0.25) is 4.79 Å². The maximum atomic E-state index is 12.7. The van der Waals surface area contributed by atoms with E-state index in [-0.39, 0.29) is 29.4 Å². The molecule has 1 aliphatic carbocycles. The zero-order valence-electron chi connectivity index (χ0n) is 19.4. The predicted octanol–water partition coefficient (Wildman–Crippen LogP) is 5.06. The number of carbonyl (C=O) groups is 1. The van der Waals surface area contributed by atoms with Gasteiger partial charge in [-0.25, -0.2) is 13.1 Å². The van der Waals surface area contributed by atoms with E-state index in [1.807, 2.05) is 25.1 Å². The molecule has 0 bridgehead atoms. The largest absolute Gasteiger partial charge is 0.483 e. The molecule has 1 aliphatic rings. The van der Waals surface area contributed by atoms with Gasteiger partial charge < -0.3 is 10.1 Å². The summed E-state index contributed by atoms with van der Waals surface area (Å²) >= 11 is 0. The third kappa shape index (κ3) is 6.11. The molecule has 174 valence electrons. The highest BCUT2D eigenvalue weighted by atomic mass is 32.2. The molecule has 1 saturated carbocycles. The lowest BCUT2D eigenvalue weighted by atomic mass is 9.96. The maximum absolute atomic E-state index is 12.7. The molecule has 0 heterocycles. The Hall–Kier alpha value is -2.38. The first-order valence-corrected chi connectivity index (χ1v) is 12.8. The van der Waals surface area contributed by atoms with Crippen LogP contribution in [0.2, 0.25) is 0 Å². The van der Waals surface area contributed by atoms with Crippen molar-refractivity contribution in [3.63, 3.8) is 0 Å². The van der Waals surface area contributed by atoms with E-state index in [1.165, 1.54) is 12.5 Å². The number of benzene rings is 2. The Morgan fingerprint density at radius 3 is 2.44 bits per heavy atom. The third-order valence-electron chi connectivity index (χ3n) is 5.93. The lowest BCUT2D eigenvalue weighted by Gasteiger charge is -2.22. The van der Waals surface area contributed by atoms with Crippen molar-refractivity contribution < 1.29 is 17.9 Å². The Morgan fingerprint density at radius 1 is 1.06 bits per heavy atom. The van der Waals surface area contributed by atoms with E-state index in [1.54, 1.807) is 19.1 Å². The minimum Gasteiger partial charge on any atom is -0.483 e. The summed E-state index contributed by atoms with van der Waals surface area (Å²) in [6.07, 6.45) is 5.05. The molecule has 2 aromatic carbocycles. The molecule has 0 aliphatic heterocycles. The number of nitrogens with one attached hydrogen (secondary N) is 2. The van der Waals surface area contributed by atoms with Crippen molar-refractivity contribution >= 4 is 21.6 Å². The van der Waals surface area contributed by atoms with Crippen LogP contribution in [-0.2, 0) is 14.8 Å². The van der Waals surface area contributed by atoms with Gasteiger partial charge in [0, 0.05) is 11.7 Å². The first kappa shape index (κ1) is 24.3. The van der Waals surface area contributed by atoms with E-state index in [0.29, 0.717) is 11.3 Å². The number of aryl methyl sites for hydroxylation is 2. The van der Waals surface area contributed by atoms with E-state index in [9.17, 15) is 13.2 Å². The number of para-hydroxylation sites is 1. The van der Waals surface area contributed by atoms with Crippen molar-refractivity contribution in [1.29, 1.82) is 0 Å². The van der Waals surface area contributed by atoms with Crippen molar-refractivity contribution in [2.24, 2.45) is 0 Å². The second-order valence-corrected chi connectivity index (χ2v) is 10.6. The third-order valence-corrected chi connectivity index (χ3v) is 7.45. The van der Waals surface area contributed by atoms with Crippen LogP contribution in [0.1, 0.15) is 68.6 Å². The molecule has 1 fully saturated rings. The van der Waals surface area contributed by atoms with Gasteiger partial charge in [-0.2, -0.15) is 0 Å². The van der Waals surface area contributed by atoms with Crippen LogP contribution >= 0.6 is 0 Å². The summed E-state index contributed by atoms with van der Waals surface area (Å²) in [6.45, 7) is 7.77. The normalized spacial score (nSPS) is 15.0. The summed E-state index contributed by atoms with van der Waals surface area (Å²) in [5.41, 5.74) is 3.57. The number of anilines is 1. The first-order chi connectivity index (χ1) is 15.2. The summed E-state index contributed by atoms with van der Waals surface area (Å²) in [6, 6.07) is 10.7. The number of hydrogen-bond donors (Lipinski definition) is 2. The predicted molar refractivity (Wildman–Crippen MR) is 128 cm³/mol. The van der Waals surface area contributed by atoms with Crippen molar-refractivity contribution in [1.82, 2.24) is 4.72 Å².